The molecule has 0 bridgehead atoms. The number of hydrogen-bond donors (Lipinski definition) is 2. The van der Waals surface area contributed by atoms with Gasteiger partial charge in [0.1, 0.15) is 11.9 Å². The van der Waals surface area contributed by atoms with E-state index in [1.165, 1.54) is 16.8 Å². The first-order valence-corrected chi connectivity index (χ1v) is 9.18. The maximum absolute atomic E-state index is 5.98. The van der Waals surface area contributed by atoms with Crippen molar-refractivity contribution < 1.29 is 4.74 Å². The van der Waals surface area contributed by atoms with Crippen LogP contribution in [0.2, 0.25) is 0 Å². The zero-order chi connectivity index (χ0) is 18.4. The van der Waals surface area contributed by atoms with Crippen molar-refractivity contribution in [1.82, 2.24) is 10.6 Å². The summed E-state index contributed by atoms with van der Waals surface area (Å²) < 4.78 is 5.98. The number of anilines is 1. The van der Waals surface area contributed by atoms with Crippen LogP contribution in [-0.4, -0.2) is 39.2 Å². The number of hydrogen-bond acceptors (Lipinski definition) is 3. The zero-order valence-corrected chi connectivity index (χ0v) is 18.6. The van der Waals surface area contributed by atoms with E-state index in [1.807, 2.05) is 26.2 Å². The molecule has 2 aromatic carbocycles. The van der Waals surface area contributed by atoms with E-state index in [2.05, 4.69) is 58.9 Å². The maximum Gasteiger partial charge on any atom is 0.191 e. The van der Waals surface area contributed by atoms with E-state index in [0.717, 1.165) is 31.2 Å². The molecule has 146 valence electrons. The number of guanidine groups is 1. The van der Waals surface area contributed by atoms with E-state index in [9.17, 15) is 0 Å². The number of nitrogens with zero attached hydrogens (tertiary/aromatic N) is 2. The monoisotopic (exact) mass is 480 g/mol. The zero-order valence-electron chi connectivity index (χ0n) is 16.2. The smallest absolute Gasteiger partial charge is 0.191 e. The third-order valence-corrected chi connectivity index (χ3v) is 4.43. The second kappa shape index (κ2) is 10.4. The summed E-state index contributed by atoms with van der Waals surface area (Å²) in [5, 5.41) is 6.71. The topological polar surface area (TPSA) is 48.9 Å². The summed E-state index contributed by atoms with van der Waals surface area (Å²) in [6, 6.07) is 16.7. The van der Waals surface area contributed by atoms with Crippen molar-refractivity contribution in [3.63, 3.8) is 0 Å². The van der Waals surface area contributed by atoms with Crippen molar-refractivity contribution in [3.8, 4) is 5.75 Å². The Morgan fingerprint density at radius 3 is 2.52 bits per heavy atom. The Labute approximate surface area is 179 Å². The first-order valence-electron chi connectivity index (χ1n) is 9.18. The van der Waals surface area contributed by atoms with Crippen molar-refractivity contribution in [1.29, 1.82) is 0 Å². The molecule has 1 unspecified atom stereocenters. The van der Waals surface area contributed by atoms with Gasteiger partial charge < -0.3 is 20.3 Å². The largest absolute Gasteiger partial charge is 0.488 e. The van der Waals surface area contributed by atoms with Gasteiger partial charge in [0.05, 0.1) is 13.1 Å². The van der Waals surface area contributed by atoms with E-state index < -0.39 is 0 Å². The van der Waals surface area contributed by atoms with Gasteiger partial charge in [-0.25, -0.2) is 4.99 Å². The third-order valence-electron chi connectivity index (χ3n) is 4.43. The van der Waals surface area contributed by atoms with Gasteiger partial charge in [0, 0.05) is 32.7 Å². The van der Waals surface area contributed by atoms with Gasteiger partial charge in [0.15, 0.2) is 5.96 Å². The quantitative estimate of drug-likeness (QED) is 0.378. The molecule has 5 nitrogen and oxygen atoms in total. The molecule has 1 aliphatic heterocycles. The van der Waals surface area contributed by atoms with Gasteiger partial charge in [-0.1, -0.05) is 30.3 Å². The van der Waals surface area contributed by atoms with Gasteiger partial charge in [-0.15, -0.1) is 24.0 Å². The van der Waals surface area contributed by atoms with Crippen molar-refractivity contribution in [2.24, 2.45) is 4.99 Å². The van der Waals surface area contributed by atoms with Crippen molar-refractivity contribution in [3.05, 3.63) is 59.7 Å². The average molecular weight is 480 g/mol. The second-order valence-corrected chi connectivity index (χ2v) is 6.69. The van der Waals surface area contributed by atoms with Crippen LogP contribution in [0, 0.1) is 0 Å². The molecule has 27 heavy (non-hydrogen) atoms. The highest BCUT2D eigenvalue weighted by atomic mass is 127. The molecule has 1 atom stereocenters. The lowest BCUT2D eigenvalue weighted by molar-refractivity contribution is 0.235. The molecule has 1 aliphatic rings. The standard InChI is InChI=1S/C21H28N4O.HI/c1-4-22-21(23-14-16-9-11-18(12-10-16)25(2)3)24-15-19-13-17-7-5-6-8-20(17)26-19;/h5-12,19H,4,13-15H2,1-3H3,(H2,22,23,24);1H. The molecule has 0 aliphatic carbocycles. The van der Waals surface area contributed by atoms with Crippen molar-refractivity contribution >= 4 is 35.6 Å². The summed E-state index contributed by atoms with van der Waals surface area (Å²) in [6.07, 6.45) is 1.09. The Bertz CT molecular complexity index is 721. The van der Waals surface area contributed by atoms with E-state index in [0.29, 0.717) is 6.54 Å². The van der Waals surface area contributed by atoms with Crippen molar-refractivity contribution in [2.75, 3.05) is 32.1 Å². The Kier molecular flexibility index (Phi) is 8.22. The molecule has 2 aromatic rings. The normalized spacial score (nSPS) is 15.4. The molecular weight excluding hydrogens is 451 g/mol. The summed E-state index contributed by atoms with van der Waals surface area (Å²) in [5.74, 6) is 1.82. The molecule has 1 heterocycles. The molecule has 0 spiro atoms. The second-order valence-electron chi connectivity index (χ2n) is 6.69. The van der Waals surface area contributed by atoms with Gasteiger partial charge in [-0.05, 0) is 36.2 Å². The van der Waals surface area contributed by atoms with Crippen LogP contribution in [0.1, 0.15) is 18.1 Å². The summed E-state index contributed by atoms with van der Waals surface area (Å²) in [7, 11) is 4.09. The van der Waals surface area contributed by atoms with Crippen LogP contribution in [0.5, 0.6) is 5.75 Å². The molecule has 3 rings (SSSR count). The number of halogens is 1. The lowest BCUT2D eigenvalue weighted by Crippen LogP contribution is -2.42. The summed E-state index contributed by atoms with van der Waals surface area (Å²) in [4.78, 5) is 6.79. The van der Waals surface area contributed by atoms with Crippen LogP contribution < -0.4 is 20.3 Å². The van der Waals surface area contributed by atoms with Gasteiger partial charge in [0.25, 0.3) is 0 Å². The van der Waals surface area contributed by atoms with Crippen LogP contribution in [0.4, 0.5) is 5.69 Å². The van der Waals surface area contributed by atoms with Gasteiger partial charge in [-0.3, -0.25) is 0 Å². The predicted octanol–water partition coefficient (Wildman–Crippen LogP) is 3.43. The molecule has 0 saturated carbocycles. The number of aliphatic imine (C=N–C) groups is 1. The number of nitrogens with one attached hydrogen (secondary N) is 2. The van der Waals surface area contributed by atoms with Crippen LogP contribution in [0.15, 0.2) is 53.5 Å². The first kappa shape index (κ1) is 21.3. The molecule has 0 radical (unpaired) electrons. The van der Waals surface area contributed by atoms with Crippen LogP contribution in [0.3, 0.4) is 0 Å². The van der Waals surface area contributed by atoms with E-state index in [-0.39, 0.29) is 30.1 Å². The van der Waals surface area contributed by atoms with Crippen LogP contribution >= 0.6 is 24.0 Å². The number of rotatable bonds is 6. The maximum atomic E-state index is 5.98. The molecule has 0 fully saturated rings. The minimum absolute atomic E-state index is 0. The Hall–Kier alpha value is -1.96. The average Bonchev–Trinajstić information content (AvgIpc) is 3.07. The van der Waals surface area contributed by atoms with E-state index in [1.54, 1.807) is 0 Å². The lowest BCUT2D eigenvalue weighted by Gasteiger charge is -2.15. The number of fused-ring (bicyclic) bond motifs is 1. The SMILES string of the molecule is CCNC(=NCc1ccc(N(C)C)cc1)NCC1Cc2ccccc2O1.I. The third kappa shape index (κ3) is 6.02. The van der Waals surface area contributed by atoms with Crippen LogP contribution in [0.25, 0.3) is 0 Å². The van der Waals surface area contributed by atoms with Gasteiger partial charge in [-0.2, -0.15) is 0 Å². The molecule has 0 saturated heterocycles. The fourth-order valence-electron chi connectivity index (χ4n) is 2.99. The summed E-state index contributed by atoms with van der Waals surface area (Å²) in [5.41, 5.74) is 3.67. The fraction of sp³-hybridized carbons (Fsp3) is 0.381. The summed E-state index contributed by atoms with van der Waals surface area (Å²) >= 11 is 0. The highest BCUT2D eigenvalue weighted by Gasteiger charge is 2.22. The predicted molar refractivity (Wildman–Crippen MR) is 124 cm³/mol. The Balaban J connectivity index is 0.00000261. The van der Waals surface area contributed by atoms with Crippen LogP contribution in [-0.2, 0) is 13.0 Å². The highest BCUT2D eigenvalue weighted by molar-refractivity contribution is 14.0. The molecule has 6 heteroatoms. The Morgan fingerprint density at radius 2 is 1.85 bits per heavy atom. The molecular formula is C21H29IN4O. The number of para-hydroxylation sites is 1. The minimum atomic E-state index is 0. The molecule has 2 N–H and O–H groups in total. The first-order chi connectivity index (χ1) is 12.7. The van der Waals surface area contributed by atoms with E-state index in [4.69, 9.17) is 9.73 Å². The fourth-order valence-corrected chi connectivity index (χ4v) is 2.99. The molecule has 0 aromatic heterocycles. The van der Waals surface area contributed by atoms with E-state index >= 15 is 0 Å². The number of benzene rings is 2. The van der Waals surface area contributed by atoms with Crippen molar-refractivity contribution in [2.45, 2.75) is 26.0 Å². The van der Waals surface area contributed by atoms with Gasteiger partial charge >= 0.3 is 0 Å². The molecule has 0 amide bonds. The Morgan fingerprint density at radius 1 is 1.11 bits per heavy atom. The van der Waals surface area contributed by atoms with Gasteiger partial charge in [0.2, 0.25) is 0 Å². The summed E-state index contributed by atoms with van der Waals surface area (Å²) in [6.45, 7) is 4.29. The lowest BCUT2D eigenvalue weighted by atomic mass is 10.1. The minimum Gasteiger partial charge on any atom is -0.488 e. The highest BCUT2D eigenvalue weighted by Crippen LogP contribution is 2.27. The number of ether oxygens (including phenoxy) is 1.